The first kappa shape index (κ1) is 23.6. The zero-order chi connectivity index (χ0) is 24.8. The Kier molecular flexibility index (Phi) is 5.94. The molecule has 0 amide bonds. The van der Waals surface area contributed by atoms with E-state index in [-0.39, 0.29) is 0 Å². The Morgan fingerprint density at radius 1 is 1.11 bits per heavy atom. The Bertz CT molecular complexity index is 1380. The summed E-state index contributed by atoms with van der Waals surface area (Å²) >= 11 is 0. The van der Waals surface area contributed by atoms with E-state index in [1.165, 1.54) is 22.1 Å². The number of hydrogen-bond donors (Lipinski definition) is 4. The topological polar surface area (TPSA) is 81.2 Å². The van der Waals surface area contributed by atoms with Gasteiger partial charge in [0.2, 0.25) is 0 Å². The van der Waals surface area contributed by atoms with Crippen LogP contribution in [0.25, 0.3) is 10.9 Å². The third-order valence-corrected chi connectivity index (χ3v) is 7.40. The van der Waals surface area contributed by atoms with Gasteiger partial charge in [0, 0.05) is 40.3 Å². The number of H-pyrrole nitrogens is 1. The summed E-state index contributed by atoms with van der Waals surface area (Å²) in [6, 6.07) is 14.7. The number of nitrogens with zero attached hydrogens (tertiary/aromatic N) is 1. The van der Waals surface area contributed by atoms with Crippen molar-refractivity contribution in [3.63, 3.8) is 0 Å². The first-order valence-corrected chi connectivity index (χ1v) is 12.5. The van der Waals surface area contributed by atoms with Crippen LogP contribution in [0.2, 0.25) is 0 Å². The van der Waals surface area contributed by atoms with Gasteiger partial charge in [-0.2, -0.15) is 0 Å². The van der Waals surface area contributed by atoms with Gasteiger partial charge < -0.3 is 20.5 Å². The van der Waals surface area contributed by atoms with Crippen LogP contribution >= 0.6 is 0 Å². The Morgan fingerprint density at radius 2 is 1.91 bits per heavy atom. The van der Waals surface area contributed by atoms with E-state index in [1.807, 2.05) is 39.0 Å². The molecule has 0 saturated carbocycles. The van der Waals surface area contributed by atoms with E-state index >= 15 is 0 Å². The molecule has 1 unspecified atom stereocenters. The molecule has 0 saturated heterocycles. The fourth-order valence-electron chi connectivity index (χ4n) is 5.42. The smallest absolute Gasteiger partial charge is 0.104 e. The Labute approximate surface area is 207 Å². The lowest BCUT2D eigenvalue weighted by Gasteiger charge is -2.18. The molecule has 0 aliphatic heterocycles. The molecular weight excluding hydrogens is 434 g/mol. The largest absolute Gasteiger partial charge is 0.386 e. The van der Waals surface area contributed by atoms with Crippen molar-refractivity contribution in [3.05, 3.63) is 88.4 Å². The summed E-state index contributed by atoms with van der Waals surface area (Å²) in [6.45, 7) is 7.67. The molecule has 1 atom stereocenters. The number of nitrogens with one attached hydrogen (secondary N) is 2. The molecule has 0 spiro atoms. The van der Waals surface area contributed by atoms with Crippen molar-refractivity contribution < 1.29 is 10.2 Å². The molecule has 1 aliphatic carbocycles. The number of para-hydroxylation sites is 1. The third-order valence-electron chi connectivity index (χ3n) is 7.40. The van der Waals surface area contributed by atoms with Gasteiger partial charge in [0.25, 0.3) is 0 Å². The number of anilines is 2. The average Bonchev–Trinajstić information content (AvgIpc) is 3.35. The second-order valence-electron chi connectivity index (χ2n) is 10.7. The SMILES string of the molecule is Cc1cc(Nc2ccnc3c2CCC3(C)O)ccc1CCCc1c[nH]c2c(C(C)(C)O)cccc12. The summed E-state index contributed by atoms with van der Waals surface area (Å²) in [6.07, 6.45) is 8.46. The summed E-state index contributed by atoms with van der Waals surface area (Å²) in [7, 11) is 0. The molecule has 0 bridgehead atoms. The second kappa shape index (κ2) is 8.81. The molecule has 0 fully saturated rings. The van der Waals surface area contributed by atoms with Gasteiger partial charge in [0.05, 0.1) is 16.8 Å². The van der Waals surface area contributed by atoms with E-state index in [2.05, 4.69) is 52.7 Å². The van der Waals surface area contributed by atoms with Crippen molar-refractivity contribution >= 4 is 22.3 Å². The van der Waals surface area contributed by atoms with E-state index in [1.54, 1.807) is 6.20 Å². The molecule has 4 N–H and O–H groups in total. The normalized spacial score (nSPS) is 17.7. The van der Waals surface area contributed by atoms with Crippen molar-refractivity contribution in [2.24, 2.45) is 0 Å². The lowest BCUT2D eigenvalue weighted by Crippen LogP contribution is -2.18. The van der Waals surface area contributed by atoms with E-state index in [4.69, 9.17) is 0 Å². The molecule has 2 aromatic carbocycles. The van der Waals surface area contributed by atoms with Crippen molar-refractivity contribution in [3.8, 4) is 0 Å². The highest BCUT2D eigenvalue weighted by Gasteiger charge is 2.35. The van der Waals surface area contributed by atoms with Crippen LogP contribution in [0.3, 0.4) is 0 Å². The number of fused-ring (bicyclic) bond motifs is 2. The summed E-state index contributed by atoms with van der Waals surface area (Å²) in [5.41, 5.74) is 8.18. The molecule has 182 valence electrons. The van der Waals surface area contributed by atoms with E-state index < -0.39 is 11.2 Å². The lowest BCUT2D eigenvalue weighted by atomic mass is 9.94. The monoisotopic (exact) mass is 469 g/mol. The molecule has 4 aromatic rings. The van der Waals surface area contributed by atoms with Crippen molar-refractivity contribution in [1.82, 2.24) is 9.97 Å². The standard InChI is InChI=1S/C30H35N3O2/c1-19-17-22(33-26-14-16-31-28-24(26)13-15-30(28,4)35)12-11-20(19)7-5-8-21-18-32-27-23(21)9-6-10-25(27)29(2,3)34/h6,9-12,14,16-18,32,34-35H,5,7-8,13,15H2,1-4H3,(H,31,33). The number of benzene rings is 2. The molecular formula is C30H35N3O2. The Morgan fingerprint density at radius 3 is 2.69 bits per heavy atom. The Balaban J connectivity index is 1.26. The summed E-state index contributed by atoms with van der Waals surface area (Å²) in [5, 5.41) is 25.8. The van der Waals surface area contributed by atoms with Crippen molar-refractivity contribution in [2.45, 2.75) is 71.0 Å². The minimum Gasteiger partial charge on any atom is -0.386 e. The number of aryl methyl sites for hydroxylation is 3. The average molecular weight is 470 g/mol. The molecule has 5 nitrogen and oxygen atoms in total. The van der Waals surface area contributed by atoms with Crippen LogP contribution in [-0.4, -0.2) is 20.2 Å². The molecule has 35 heavy (non-hydrogen) atoms. The Hall–Kier alpha value is -3.15. The van der Waals surface area contributed by atoms with Gasteiger partial charge in [0.15, 0.2) is 0 Å². The highest BCUT2D eigenvalue weighted by molar-refractivity contribution is 5.86. The van der Waals surface area contributed by atoms with Crippen molar-refractivity contribution in [2.75, 3.05) is 5.32 Å². The molecule has 1 aliphatic rings. The number of pyridine rings is 1. The van der Waals surface area contributed by atoms with Crippen LogP contribution < -0.4 is 5.32 Å². The lowest BCUT2D eigenvalue weighted by molar-refractivity contribution is 0.0553. The van der Waals surface area contributed by atoms with E-state index in [0.29, 0.717) is 6.42 Å². The highest BCUT2D eigenvalue weighted by Crippen LogP contribution is 2.39. The van der Waals surface area contributed by atoms with Gasteiger partial charge in [-0.05, 0) is 94.7 Å². The van der Waals surface area contributed by atoms with Crippen LogP contribution in [0.1, 0.15) is 67.1 Å². The second-order valence-corrected chi connectivity index (χ2v) is 10.7. The zero-order valence-electron chi connectivity index (χ0n) is 21.1. The van der Waals surface area contributed by atoms with Gasteiger partial charge >= 0.3 is 0 Å². The van der Waals surface area contributed by atoms with Crippen LogP contribution in [0.5, 0.6) is 0 Å². The van der Waals surface area contributed by atoms with Gasteiger partial charge in [-0.1, -0.05) is 24.3 Å². The maximum Gasteiger partial charge on any atom is 0.104 e. The zero-order valence-corrected chi connectivity index (χ0v) is 21.1. The van der Waals surface area contributed by atoms with Crippen LogP contribution in [0.15, 0.2) is 54.9 Å². The summed E-state index contributed by atoms with van der Waals surface area (Å²) in [5.74, 6) is 0. The molecule has 0 radical (unpaired) electrons. The third kappa shape index (κ3) is 4.58. The number of hydrogen-bond acceptors (Lipinski definition) is 4. The van der Waals surface area contributed by atoms with Gasteiger partial charge in [-0.15, -0.1) is 0 Å². The maximum atomic E-state index is 10.6. The number of aliphatic hydroxyl groups is 2. The molecule has 5 heteroatoms. The predicted octanol–water partition coefficient (Wildman–Crippen LogP) is 6.17. The van der Waals surface area contributed by atoms with E-state index in [0.717, 1.165) is 59.4 Å². The number of rotatable bonds is 7. The van der Waals surface area contributed by atoms with Gasteiger partial charge in [-0.3, -0.25) is 4.98 Å². The van der Waals surface area contributed by atoms with Crippen LogP contribution in [0, 0.1) is 6.92 Å². The van der Waals surface area contributed by atoms with Crippen molar-refractivity contribution in [1.29, 1.82) is 0 Å². The molecule has 2 aromatic heterocycles. The molecule has 5 rings (SSSR count). The fraction of sp³-hybridized carbons (Fsp3) is 0.367. The number of aromatic amines is 1. The van der Waals surface area contributed by atoms with Crippen LogP contribution in [-0.2, 0) is 30.5 Å². The highest BCUT2D eigenvalue weighted by atomic mass is 16.3. The van der Waals surface area contributed by atoms with Crippen LogP contribution in [0.4, 0.5) is 11.4 Å². The first-order chi connectivity index (χ1) is 16.6. The van der Waals surface area contributed by atoms with Gasteiger partial charge in [-0.25, -0.2) is 0 Å². The number of aromatic nitrogens is 2. The van der Waals surface area contributed by atoms with E-state index in [9.17, 15) is 10.2 Å². The van der Waals surface area contributed by atoms with Gasteiger partial charge in [0.1, 0.15) is 5.60 Å². The minimum absolute atomic E-state index is 0.710. The summed E-state index contributed by atoms with van der Waals surface area (Å²) in [4.78, 5) is 7.82. The summed E-state index contributed by atoms with van der Waals surface area (Å²) < 4.78 is 0. The quantitative estimate of drug-likeness (QED) is 0.261. The maximum absolute atomic E-state index is 10.6. The fourth-order valence-corrected chi connectivity index (χ4v) is 5.42. The minimum atomic E-state index is -0.872. The predicted molar refractivity (Wildman–Crippen MR) is 142 cm³/mol. The first-order valence-electron chi connectivity index (χ1n) is 12.5. The molecule has 2 heterocycles.